The minimum atomic E-state index is -0.0744. The summed E-state index contributed by atoms with van der Waals surface area (Å²) in [6.07, 6.45) is 1.77. The molecule has 0 amide bonds. The lowest BCUT2D eigenvalue weighted by molar-refractivity contribution is 1.21. The molecule has 0 aliphatic carbocycles. The van der Waals surface area contributed by atoms with Crippen LogP contribution in [0.15, 0.2) is 11.6 Å². The highest BCUT2D eigenvalue weighted by molar-refractivity contribution is 6.45. The summed E-state index contributed by atoms with van der Waals surface area (Å²) >= 11 is 5.68. The van der Waals surface area contributed by atoms with E-state index in [1.165, 1.54) is 0 Å². The van der Waals surface area contributed by atoms with Gasteiger partial charge in [0.05, 0.1) is 11.4 Å². The Kier molecular flexibility index (Phi) is 4.04. The second-order valence-electron chi connectivity index (χ2n) is 2.53. The Morgan fingerprint density at radius 3 is 2.09 bits per heavy atom. The molecule has 62 valence electrons. The first-order chi connectivity index (χ1) is 4.95. The van der Waals surface area contributed by atoms with Gasteiger partial charge in [-0.05, 0) is 26.3 Å². The topological polar surface area (TPSA) is 47.7 Å². The first-order valence-electron chi connectivity index (χ1n) is 3.42. The maximum absolute atomic E-state index is 7.39. The zero-order valence-corrected chi connectivity index (χ0v) is 7.79. The minimum absolute atomic E-state index is 0.0744. The summed E-state index contributed by atoms with van der Waals surface area (Å²) in [6, 6.07) is 0. The molecule has 0 radical (unpaired) electrons. The van der Waals surface area contributed by atoms with E-state index in [0.717, 1.165) is 5.57 Å². The Bertz CT molecular complexity index is 204. The van der Waals surface area contributed by atoms with Crippen LogP contribution in [0.25, 0.3) is 0 Å². The number of halogens is 1. The molecule has 0 aliphatic rings. The third-order valence-corrected chi connectivity index (χ3v) is 1.37. The third kappa shape index (κ3) is 3.94. The molecule has 1 atom stereocenters. The number of alkyl halides is 1. The van der Waals surface area contributed by atoms with Crippen LogP contribution in [0, 0.1) is 10.8 Å². The molecule has 0 spiro atoms. The van der Waals surface area contributed by atoms with Crippen molar-refractivity contribution in [2.45, 2.75) is 26.1 Å². The van der Waals surface area contributed by atoms with E-state index in [2.05, 4.69) is 0 Å². The van der Waals surface area contributed by atoms with Gasteiger partial charge < -0.3 is 5.41 Å². The second-order valence-corrected chi connectivity index (χ2v) is 3.22. The molecular weight excluding hydrogens is 160 g/mol. The van der Waals surface area contributed by atoms with E-state index in [9.17, 15) is 0 Å². The molecule has 11 heavy (non-hydrogen) atoms. The smallest absolute Gasteiger partial charge is 0.0771 e. The first-order valence-corrected chi connectivity index (χ1v) is 3.85. The van der Waals surface area contributed by atoms with Crippen LogP contribution in [0.1, 0.15) is 20.8 Å². The van der Waals surface area contributed by atoms with Gasteiger partial charge in [0.1, 0.15) is 0 Å². The summed E-state index contributed by atoms with van der Waals surface area (Å²) in [6.45, 7) is 5.22. The van der Waals surface area contributed by atoms with Gasteiger partial charge in [-0.2, -0.15) is 0 Å². The van der Waals surface area contributed by atoms with Crippen molar-refractivity contribution < 1.29 is 0 Å². The Morgan fingerprint density at radius 1 is 1.36 bits per heavy atom. The molecule has 0 rings (SSSR count). The van der Waals surface area contributed by atoms with E-state index >= 15 is 0 Å². The van der Waals surface area contributed by atoms with Gasteiger partial charge in [0, 0.05) is 5.38 Å². The summed E-state index contributed by atoms with van der Waals surface area (Å²) in [5, 5.41) is 14.5. The standard InChI is InChI=1S/C8H13ClN2/c1-5(4-6(2)9)8(11)7(3)10/h4,6,10-11H,1-3H3. The summed E-state index contributed by atoms with van der Waals surface area (Å²) in [5.41, 5.74) is 1.30. The van der Waals surface area contributed by atoms with Crippen LogP contribution in [0.5, 0.6) is 0 Å². The fourth-order valence-electron chi connectivity index (χ4n) is 0.724. The Labute approximate surface area is 72.3 Å². The van der Waals surface area contributed by atoms with Crippen molar-refractivity contribution in [1.82, 2.24) is 0 Å². The predicted octanol–water partition coefficient (Wildman–Crippen LogP) is 2.62. The van der Waals surface area contributed by atoms with E-state index in [1.807, 2.05) is 6.92 Å². The maximum atomic E-state index is 7.39. The quantitative estimate of drug-likeness (QED) is 0.486. The lowest BCUT2D eigenvalue weighted by Crippen LogP contribution is -2.09. The van der Waals surface area contributed by atoms with Gasteiger partial charge in [-0.25, -0.2) is 0 Å². The fourth-order valence-corrected chi connectivity index (χ4v) is 0.913. The van der Waals surface area contributed by atoms with Crippen molar-refractivity contribution in [3.05, 3.63) is 11.6 Å². The maximum Gasteiger partial charge on any atom is 0.0771 e. The van der Waals surface area contributed by atoms with Crippen LogP contribution in [0.2, 0.25) is 0 Å². The highest BCUT2D eigenvalue weighted by Gasteiger charge is 2.02. The number of nitrogens with one attached hydrogen (secondary N) is 2. The van der Waals surface area contributed by atoms with Gasteiger partial charge >= 0.3 is 0 Å². The van der Waals surface area contributed by atoms with Gasteiger partial charge in [0.25, 0.3) is 0 Å². The molecule has 0 bridgehead atoms. The third-order valence-electron chi connectivity index (χ3n) is 1.25. The van der Waals surface area contributed by atoms with Crippen molar-refractivity contribution in [3.63, 3.8) is 0 Å². The molecule has 0 aliphatic heterocycles. The summed E-state index contributed by atoms with van der Waals surface area (Å²) in [7, 11) is 0. The zero-order valence-electron chi connectivity index (χ0n) is 7.03. The average Bonchev–Trinajstić information content (AvgIpc) is 1.84. The molecular formula is C8H13ClN2. The lowest BCUT2D eigenvalue weighted by atomic mass is 10.1. The molecule has 0 fully saturated rings. The van der Waals surface area contributed by atoms with E-state index in [1.54, 1.807) is 19.9 Å². The Balaban J connectivity index is 4.36. The number of allylic oxidation sites excluding steroid dienone is 2. The number of hydrogen-bond donors (Lipinski definition) is 2. The molecule has 0 heterocycles. The first kappa shape index (κ1) is 10.4. The fraction of sp³-hybridized carbons (Fsp3) is 0.500. The largest absolute Gasteiger partial charge is 0.303 e. The molecule has 0 aromatic heterocycles. The van der Waals surface area contributed by atoms with Gasteiger partial charge in [-0.3, -0.25) is 5.41 Å². The molecule has 0 aromatic carbocycles. The van der Waals surface area contributed by atoms with Crippen LogP contribution in [0.4, 0.5) is 0 Å². The van der Waals surface area contributed by atoms with Crippen LogP contribution < -0.4 is 0 Å². The predicted molar refractivity (Wildman–Crippen MR) is 50.2 cm³/mol. The zero-order chi connectivity index (χ0) is 9.02. The molecule has 2 N–H and O–H groups in total. The highest BCUT2D eigenvalue weighted by atomic mass is 35.5. The molecule has 3 heteroatoms. The van der Waals surface area contributed by atoms with E-state index < -0.39 is 0 Å². The van der Waals surface area contributed by atoms with Crippen molar-refractivity contribution in [3.8, 4) is 0 Å². The van der Waals surface area contributed by atoms with Gasteiger partial charge in [0.15, 0.2) is 0 Å². The van der Waals surface area contributed by atoms with Crippen LogP contribution >= 0.6 is 11.6 Å². The summed E-state index contributed by atoms with van der Waals surface area (Å²) < 4.78 is 0. The van der Waals surface area contributed by atoms with Crippen molar-refractivity contribution in [1.29, 1.82) is 10.8 Å². The number of rotatable bonds is 3. The SMILES string of the molecule is CC(=N)C(=N)C(C)=CC(C)Cl. The van der Waals surface area contributed by atoms with E-state index in [0.29, 0.717) is 0 Å². The van der Waals surface area contributed by atoms with Crippen molar-refractivity contribution in [2.75, 3.05) is 0 Å². The molecule has 1 unspecified atom stereocenters. The minimum Gasteiger partial charge on any atom is -0.303 e. The molecule has 2 nitrogen and oxygen atoms in total. The van der Waals surface area contributed by atoms with Crippen molar-refractivity contribution >= 4 is 23.0 Å². The Morgan fingerprint density at radius 2 is 1.82 bits per heavy atom. The highest BCUT2D eigenvalue weighted by Crippen LogP contribution is 2.03. The van der Waals surface area contributed by atoms with Crippen LogP contribution in [-0.4, -0.2) is 16.8 Å². The lowest BCUT2D eigenvalue weighted by Gasteiger charge is -2.02. The van der Waals surface area contributed by atoms with Gasteiger partial charge in [0.2, 0.25) is 0 Å². The van der Waals surface area contributed by atoms with E-state index in [-0.39, 0.29) is 16.8 Å². The summed E-state index contributed by atoms with van der Waals surface area (Å²) in [5.74, 6) is 0. The van der Waals surface area contributed by atoms with Crippen LogP contribution in [0.3, 0.4) is 0 Å². The van der Waals surface area contributed by atoms with E-state index in [4.69, 9.17) is 22.4 Å². The van der Waals surface area contributed by atoms with Gasteiger partial charge in [-0.15, -0.1) is 11.6 Å². The van der Waals surface area contributed by atoms with Crippen molar-refractivity contribution in [2.24, 2.45) is 0 Å². The normalized spacial score (nSPS) is 14.4. The van der Waals surface area contributed by atoms with Gasteiger partial charge in [-0.1, -0.05) is 6.08 Å². The Hall–Kier alpha value is -0.630. The number of hydrogen-bond acceptors (Lipinski definition) is 2. The average molecular weight is 173 g/mol. The molecule has 0 aromatic rings. The monoisotopic (exact) mass is 172 g/mol. The second kappa shape index (κ2) is 4.29. The summed E-state index contributed by atoms with van der Waals surface area (Å²) in [4.78, 5) is 0. The molecule has 0 saturated carbocycles. The molecule has 0 saturated heterocycles. The van der Waals surface area contributed by atoms with Crippen LogP contribution in [-0.2, 0) is 0 Å².